The fourth-order valence-electron chi connectivity index (χ4n) is 4.82. The zero-order valence-electron chi connectivity index (χ0n) is 14.0. The number of aryl methyl sites for hydroxylation is 1. The molecule has 0 atom stereocenters. The summed E-state index contributed by atoms with van der Waals surface area (Å²) in [5, 5.41) is 2.32. The van der Waals surface area contributed by atoms with Crippen molar-refractivity contribution in [3.05, 3.63) is 57.3 Å². The molecule has 2 spiro atoms. The predicted octanol–water partition coefficient (Wildman–Crippen LogP) is 5.17. The molecule has 0 N–H and O–H groups in total. The molecule has 2 heterocycles. The monoisotopic (exact) mass is 338 g/mol. The van der Waals surface area contributed by atoms with E-state index in [1.807, 2.05) is 11.3 Å². The Labute approximate surface area is 147 Å². The van der Waals surface area contributed by atoms with E-state index in [4.69, 9.17) is 9.47 Å². The third kappa shape index (κ3) is 2.08. The van der Waals surface area contributed by atoms with Crippen molar-refractivity contribution in [1.29, 1.82) is 0 Å². The van der Waals surface area contributed by atoms with Crippen LogP contribution < -0.4 is 0 Å². The van der Waals surface area contributed by atoms with Crippen molar-refractivity contribution in [3.8, 4) is 0 Å². The lowest BCUT2D eigenvalue weighted by Gasteiger charge is -2.44. The van der Waals surface area contributed by atoms with Crippen LogP contribution in [-0.4, -0.2) is 19.0 Å². The lowest BCUT2D eigenvalue weighted by atomic mass is 9.64. The van der Waals surface area contributed by atoms with Gasteiger partial charge in [0, 0.05) is 23.1 Å². The second-order valence-electron chi connectivity index (χ2n) is 7.28. The highest BCUT2D eigenvalue weighted by atomic mass is 32.1. The molecule has 0 radical (unpaired) electrons. The summed E-state index contributed by atoms with van der Waals surface area (Å²) >= 11 is 1.85. The summed E-state index contributed by atoms with van der Waals surface area (Å²) in [6, 6.07) is 11.3. The van der Waals surface area contributed by atoms with Gasteiger partial charge in [-0.25, -0.2) is 0 Å². The largest absolute Gasteiger partial charge is 0.348 e. The molecular formula is C21H22O2S. The number of allylic oxidation sites excluding steroid dienone is 1. The molecule has 1 saturated carbocycles. The molecule has 0 bridgehead atoms. The molecule has 2 nitrogen and oxygen atoms in total. The molecule has 2 aromatic rings. The van der Waals surface area contributed by atoms with Gasteiger partial charge >= 0.3 is 0 Å². The van der Waals surface area contributed by atoms with Gasteiger partial charge in [-0.05, 0) is 59.6 Å². The number of hydrogen-bond donors (Lipinski definition) is 0. The van der Waals surface area contributed by atoms with Crippen molar-refractivity contribution in [2.75, 3.05) is 13.2 Å². The summed E-state index contributed by atoms with van der Waals surface area (Å²) in [5.74, 6) is -0.307. The summed E-state index contributed by atoms with van der Waals surface area (Å²) < 4.78 is 12.0. The number of fused-ring (bicyclic) bond motifs is 2. The van der Waals surface area contributed by atoms with Gasteiger partial charge in [0.2, 0.25) is 0 Å². The third-order valence-electron chi connectivity index (χ3n) is 6.01. The van der Waals surface area contributed by atoms with Crippen LogP contribution in [0.5, 0.6) is 0 Å². The van der Waals surface area contributed by atoms with Crippen LogP contribution in [0.1, 0.15) is 47.3 Å². The Bertz CT molecular complexity index is 801. The summed E-state index contributed by atoms with van der Waals surface area (Å²) in [7, 11) is 0. The van der Waals surface area contributed by atoms with Gasteiger partial charge in [-0.1, -0.05) is 24.3 Å². The fourth-order valence-corrected chi connectivity index (χ4v) is 5.53. The van der Waals surface area contributed by atoms with E-state index in [0.717, 1.165) is 38.9 Å². The normalized spacial score (nSPS) is 23.6. The molecule has 0 amide bonds. The van der Waals surface area contributed by atoms with Gasteiger partial charge in [0.15, 0.2) is 5.79 Å². The fraction of sp³-hybridized carbons (Fsp3) is 0.429. The summed E-state index contributed by atoms with van der Waals surface area (Å²) in [4.78, 5) is 1.38. The van der Waals surface area contributed by atoms with Crippen molar-refractivity contribution in [2.24, 2.45) is 0 Å². The Balaban J connectivity index is 1.58. The van der Waals surface area contributed by atoms with Crippen LogP contribution in [0.3, 0.4) is 0 Å². The molecule has 1 saturated heterocycles. The van der Waals surface area contributed by atoms with E-state index in [9.17, 15) is 0 Å². The lowest BCUT2D eigenvalue weighted by Crippen LogP contribution is -2.42. The maximum absolute atomic E-state index is 5.98. The minimum absolute atomic E-state index is 0.130. The van der Waals surface area contributed by atoms with E-state index < -0.39 is 0 Å². The van der Waals surface area contributed by atoms with Gasteiger partial charge in [-0.3, -0.25) is 0 Å². The molecule has 5 rings (SSSR count). The van der Waals surface area contributed by atoms with Crippen LogP contribution >= 0.6 is 11.3 Å². The van der Waals surface area contributed by atoms with Gasteiger partial charge < -0.3 is 9.47 Å². The topological polar surface area (TPSA) is 18.5 Å². The van der Waals surface area contributed by atoms with Crippen molar-refractivity contribution >= 4 is 23.0 Å². The molecule has 1 aromatic carbocycles. The van der Waals surface area contributed by atoms with Crippen molar-refractivity contribution < 1.29 is 9.47 Å². The second-order valence-corrected chi connectivity index (χ2v) is 8.40. The highest BCUT2D eigenvalue weighted by Gasteiger charge is 2.50. The van der Waals surface area contributed by atoms with Crippen LogP contribution in [0.15, 0.2) is 35.7 Å². The quantitative estimate of drug-likeness (QED) is 0.714. The zero-order valence-corrected chi connectivity index (χ0v) is 14.8. The third-order valence-corrected chi connectivity index (χ3v) is 6.87. The van der Waals surface area contributed by atoms with Crippen LogP contribution in [0.25, 0.3) is 11.6 Å². The predicted molar refractivity (Wildman–Crippen MR) is 98.2 cm³/mol. The number of hydrogen-bond acceptors (Lipinski definition) is 3. The van der Waals surface area contributed by atoms with Gasteiger partial charge in [-0.15, -0.1) is 11.3 Å². The molecule has 0 unspecified atom stereocenters. The minimum Gasteiger partial charge on any atom is -0.348 e. The Kier molecular flexibility index (Phi) is 3.28. The van der Waals surface area contributed by atoms with Crippen LogP contribution in [-0.2, 0) is 14.9 Å². The van der Waals surface area contributed by atoms with Gasteiger partial charge in [0.05, 0.1) is 13.2 Å². The van der Waals surface area contributed by atoms with Crippen molar-refractivity contribution in [3.63, 3.8) is 0 Å². The smallest absolute Gasteiger partial charge is 0.168 e. The summed E-state index contributed by atoms with van der Waals surface area (Å²) in [5.41, 5.74) is 5.92. The molecular weight excluding hydrogens is 316 g/mol. The minimum atomic E-state index is -0.307. The number of thiophene rings is 1. The standard InChI is InChI=1S/C21H22O2S/c1-15-12-17(14-24-15)19-13-16-4-2-3-5-18(16)20(19)6-8-21(9-7-20)22-10-11-23-21/h2-5,12-14H,6-11H2,1H3. The summed E-state index contributed by atoms with van der Waals surface area (Å²) in [6.07, 6.45) is 6.60. The van der Waals surface area contributed by atoms with Crippen molar-refractivity contribution in [1.82, 2.24) is 0 Å². The van der Waals surface area contributed by atoms with Crippen LogP contribution in [0.2, 0.25) is 0 Å². The average Bonchev–Trinajstić information content (AvgIpc) is 3.30. The SMILES string of the molecule is Cc1cc(C2=Cc3ccccc3C23CCC2(CC3)OCCO2)cs1. The molecule has 3 aliphatic rings. The first-order chi connectivity index (χ1) is 11.7. The van der Waals surface area contributed by atoms with E-state index >= 15 is 0 Å². The zero-order chi connectivity index (χ0) is 16.2. The molecule has 1 aliphatic heterocycles. The Morgan fingerprint density at radius 1 is 1.00 bits per heavy atom. The van der Waals surface area contributed by atoms with Crippen LogP contribution in [0, 0.1) is 6.92 Å². The molecule has 1 aromatic heterocycles. The highest BCUT2D eigenvalue weighted by Crippen LogP contribution is 2.57. The summed E-state index contributed by atoms with van der Waals surface area (Å²) in [6.45, 7) is 3.69. The maximum Gasteiger partial charge on any atom is 0.168 e. The second kappa shape index (κ2) is 5.29. The Hall–Kier alpha value is -1.42. The number of rotatable bonds is 1. The van der Waals surface area contributed by atoms with Gasteiger partial charge in [-0.2, -0.15) is 0 Å². The molecule has 124 valence electrons. The lowest BCUT2D eigenvalue weighted by molar-refractivity contribution is -0.182. The highest BCUT2D eigenvalue weighted by molar-refractivity contribution is 7.10. The van der Waals surface area contributed by atoms with E-state index in [1.165, 1.54) is 27.1 Å². The Morgan fingerprint density at radius 2 is 1.75 bits per heavy atom. The molecule has 3 heteroatoms. The van der Waals surface area contributed by atoms with E-state index in [1.54, 1.807) is 0 Å². The Morgan fingerprint density at radius 3 is 2.46 bits per heavy atom. The molecule has 24 heavy (non-hydrogen) atoms. The molecule has 2 aliphatic carbocycles. The first kappa shape index (κ1) is 14.9. The van der Waals surface area contributed by atoms with E-state index in [-0.39, 0.29) is 11.2 Å². The first-order valence-electron chi connectivity index (χ1n) is 8.86. The van der Waals surface area contributed by atoms with Crippen LogP contribution in [0.4, 0.5) is 0 Å². The van der Waals surface area contributed by atoms with E-state index in [0.29, 0.717) is 0 Å². The number of benzene rings is 1. The van der Waals surface area contributed by atoms with Gasteiger partial charge in [0.25, 0.3) is 0 Å². The number of ether oxygens (including phenoxy) is 2. The van der Waals surface area contributed by atoms with Gasteiger partial charge in [0.1, 0.15) is 0 Å². The van der Waals surface area contributed by atoms with E-state index in [2.05, 4.69) is 48.7 Å². The average molecular weight is 338 g/mol. The van der Waals surface area contributed by atoms with Crippen molar-refractivity contribution in [2.45, 2.75) is 43.8 Å². The molecule has 2 fully saturated rings. The maximum atomic E-state index is 5.98. The first-order valence-corrected chi connectivity index (χ1v) is 9.74.